The summed E-state index contributed by atoms with van der Waals surface area (Å²) in [6.45, 7) is 0. The lowest BCUT2D eigenvalue weighted by Crippen LogP contribution is -1.98. The summed E-state index contributed by atoms with van der Waals surface area (Å²) in [5.41, 5.74) is -0.848. The first-order chi connectivity index (χ1) is 37.5. The average molecular weight is 748 g/mol. The minimum absolute atomic E-state index is 0.178. The molecule has 0 spiro atoms. The van der Waals surface area contributed by atoms with Crippen LogP contribution in [0.5, 0.6) is 0 Å². The summed E-state index contributed by atoms with van der Waals surface area (Å²) in [5, 5.41) is -2.28. The molecule has 0 N–H and O–H groups in total. The van der Waals surface area contributed by atoms with Gasteiger partial charge >= 0.3 is 0 Å². The zero-order valence-corrected chi connectivity index (χ0v) is 29.3. The van der Waals surface area contributed by atoms with Crippen molar-refractivity contribution in [2.24, 2.45) is 0 Å². The summed E-state index contributed by atoms with van der Waals surface area (Å²) in [7, 11) is 0. The molecule has 0 fully saturated rings. The molecular weight excluding hydrogens is 691 g/mol. The maximum absolute atomic E-state index is 10.4. The monoisotopic (exact) mass is 747 g/mol. The number of para-hydroxylation sites is 4. The number of hydrogen-bond acceptors (Lipinski definition) is 0. The molecule has 0 atom stereocenters. The number of fused-ring (bicyclic) bond motifs is 9. The van der Waals surface area contributed by atoms with E-state index in [-0.39, 0.29) is 27.5 Å². The molecule has 0 aliphatic rings. The fourth-order valence-electron chi connectivity index (χ4n) is 7.69. The van der Waals surface area contributed by atoms with Gasteiger partial charge in [0.25, 0.3) is 0 Å². The molecule has 266 valence electrons. The third-order valence-corrected chi connectivity index (χ3v) is 10.2. The van der Waals surface area contributed by atoms with Gasteiger partial charge in [-0.1, -0.05) is 139 Å². The molecule has 0 aliphatic carbocycles. The van der Waals surface area contributed by atoms with E-state index in [1.165, 1.54) is 4.57 Å². The molecule has 0 saturated heterocycles. The second-order valence-corrected chi connectivity index (χ2v) is 13.3. The smallest absolute Gasteiger partial charge is 0.0667 e. The van der Waals surface area contributed by atoms with Crippen molar-refractivity contribution in [1.82, 2.24) is 13.7 Å². The highest BCUT2D eigenvalue weighted by Crippen LogP contribution is 2.40. The minimum atomic E-state index is -0.926. The molecule has 0 radical (unpaired) electrons. The number of benzene rings is 9. The lowest BCUT2D eigenvalue weighted by molar-refractivity contribution is 1.15. The Labute approximate surface area is 360 Å². The molecule has 12 aromatic rings. The van der Waals surface area contributed by atoms with Crippen molar-refractivity contribution in [1.29, 1.82) is 0 Å². The van der Waals surface area contributed by atoms with Crippen LogP contribution in [0, 0.1) is 0 Å². The van der Waals surface area contributed by atoms with Crippen molar-refractivity contribution in [3.05, 3.63) is 212 Å². The predicted molar refractivity (Wildman–Crippen MR) is 240 cm³/mol. The van der Waals surface area contributed by atoms with Crippen LogP contribution in [0.4, 0.5) is 0 Å². The molecule has 3 nitrogen and oxygen atoms in total. The van der Waals surface area contributed by atoms with Crippen LogP contribution in [0.1, 0.15) is 30.2 Å². The van der Waals surface area contributed by atoms with E-state index in [0.717, 1.165) is 20.3 Å². The third kappa shape index (κ3) is 4.86. The average Bonchev–Trinajstić information content (AvgIpc) is 3.22. The van der Waals surface area contributed by atoms with Gasteiger partial charge in [0.15, 0.2) is 0 Å². The van der Waals surface area contributed by atoms with Crippen LogP contribution in [0.15, 0.2) is 212 Å². The largest absolute Gasteiger partial charge is 0.309 e. The Morgan fingerprint density at radius 3 is 1.18 bits per heavy atom. The molecule has 57 heavy (non-hydrogen) atoms. The van der Waals surface area contributed by atoms with Gasteiger partial charge < -0.3 is 13.7 Å². The lowest BCUT2D eigenvalue weighted by Gasteiger charge is -2.15. The Hall–Kier alpha value is -7.62. The lowest BCUT2D eigenvalue weighted by atomic mass is 9.98. The summed E-state index contributed by atoms with van der Waals surface area (Å²) >= 11 is 0. The molecule has 0 amide bonds. The van der Waals surface area contributed by atoms with Crippen LogP contribution >= 0.6 is 0 Å². The molecular formula is C54H35N3. The topological polar surface area (TPSA) is 14.8 Å². The first-order valence-electron chi connectivity index (χ1n) is 28.8. The van der Waals surface area contributed by atoms with Gasteiger partial charge in [-0.2, -0.15) is 0 Å². The maximum Gasteiger partial charge on any atom is 0.0667 e. The second-order valence-electron chi connectivity index (χ2n) is 13.3. The molecule has 12 rings (SSSR count). The third-order valence-electron chi connectivity index (χ3n) is 10.2. The molecule has 3 heterocycles. The molecule has 9 aromatic carbocycles. The van der Waals surface area contributed by atoms with Crippen LogP contribution in [0.25, 0.3) is 105 Å². The fraction of sp³-hybridized carbons (Fsp3) is 0. The first-order valence-corrected chi connectivity index (χ1v) is 17.8. The van der Waals surface area contributed by atoms with Crippen molar-refractivity contribution >= 4 is 65.4 Å². The Morgan fingerprint density at radius 1 is 0.281 bits per heavy atom. The molecule has 0 unspecified atom stereocenters. The Kier molecular flexibility index (Phi) is 3.72. The number of nitrogens with zero attached hydrogens (tertiary/aromatic N) is 3. The highest BCUT2D eigenvalue weighted by atomic mass is 15.0. The fourth-order valence-corrected chi connectivity index (χ4v) is 7.69. The summed E-state index contributed by atoms with van der Waals surface area (Å²) < 4.78 is 206. The van der Waals surface area contributed by atoms with E-state index in [2.05, 4.69) is 0 Å². The standard InChI is InChI=1S/C54H35N3/c1-3-15-36(16-4-1)38-31-39(37-17-5-2-6-18-37)33-42(32-38)57-51-25-13-9-21-45(51)47-29-27-41(35-54(47)57)56-52-26-14-10-22-46(52)48-34-40(28-30-53(48)56)55-49-23-11-7-19-43(49)44-20-8-12-24-50(44)55/h1-35H/i7D,8D,9D,10D,11D,12D,13D,14D,19D,20D,21D,22D,23D,24D,25D,26D,27D,28D,29D,30D,34D,35D. The van der Waals surface area contributed by atoms with Gasteiger partial charge in [-0.05, 0) is 94.8 Å². The van der Waals surface area contributed by atoms with Crippen molar-refractivity contribution in [3.63, 3.8) is 0 Å². The summed E-state index contributed by atoms with van der Waals surface area (Å²) in [4.78, 5) is 0. The van der Waals surface area contributed by atoms with Crippen LogP contribution in [-0.2, 0) is 0 Å². The van der Waals surface area contributed by atoms with E-state index in [4.69, 9.17) is 16.4 Å². The predicted octanol–water partition coefficient (Wildman–Crippen LogP) is 14.3. The van der Waals surface area contributed by atoms with Crippen molar-refractivity contribution < 1.29 is 30.2 Å². The first kappa shape index (κ1) is 17.0. The zero-order chi connectivity index (χ0) is 56.6. The molecule has 3 aromatic heterocycles. The van der Waals surface area contributed by atoms with Gasteiger partial charge in [0.2, 0.25) is 0 Å². The Balaban J connectivity index is 1.30. The summed E-state index contributed by atoms with van der Waals surface area (Å²) in [6.07, 6.45) is 0. The number of aromatic nitrogens is 3. The normalized spacial score (nSPS) is 17.3. The molecule has 0 aliphatic heterocycles. The number of hydrogen-bond donors (Lipinski definition) is 0. The zero-order valence-electron chi connectivity index (χ0n) is 51.3. The summed E-state index contributed by atoms with van der Waals surface area (Å²) in [5.74, 6) is 0. The summed E-state index contributed by atoms with van der Waals surface area (Å²) in [6, 6.07) is 7.04. The van der Waals surface area contributed by atoms with Gasteiger partial charge in [-0.3, -0.25) is 0 Å². The van der Waals surface area contributed by atoms with Gasteiger partial charge in [0.05, 0.1) is 63.3 Å². The van der Waals surface area contributed by atoms with E-state index in [9.17, 15) is 13.7 Å². The van der Waals surface area contributed by atoms with Gasteiger partial charge in [0.1, 0.15) is 0 Å². The highest BCUT2D eigenvalue weighted by molar-refractivity contribution is 6.13. The van der Waals surface area contributed by atoms with Gasteiger partial charge in [-0.25, -0.2) is 0 Å². The van der Waals surface area contributed by atoms with Gasteiger partial charge in [-0.15, -0.1) is 0 Å². The van der Waals surface area contributed by atoms with E-state index in [1.54, 1.807) is 12.1 Å². The van der Waals surface area contributed by atoms with Crippen LogP contribution < -0.4 is 0 Å². The number of rotatable bonds is 5. The van der Waals surface area contributed by atoms with E-state index < -0.39 is 188 Å². The van der Waals surface area contributed by atoms with Crippen LogP contribution in [0.2, 0.25) is 0 Å². The Morgan fingerprint density at radius 2 is 0.667 bits per heavy atom. The van der Waals surface area contributed by atoms with Crippen LogP contribution in [0.3, 0.4) is 0 Å². The van der Waals surface area contributed by atoms with E-state index >= 15 is 0 Å². The molecule has 0 bridgehead atoms. The van der Waals surface area contributed by atoms with Gasteiger partial charge in [0, 0.05) is 49.4 Å². The SMILES string of the molecule is [2H]c1c([2H])c([2H])c2c(c1[2H])c1c([2H])c([2H])c(-n3c4c([2H])c([2H])c([2H])c([2H])c4c4c([2H])c(-n5c6c([2H])c([2H])c([2H])c([2H])c6c6c([2H])c([2H])c([2H])c([2H])c65)c([2H])c([2H])c43)c([2H])c1n2-c1cc(-c2ccccc2)cc(-c2ccccc2)c1. The van der Waals surface area contributed by atoms with Crippen LogP contribution in [-0.4, -0.2) is 13.7 Å². The maximum atomic E-state index is 10.4. The molecule has 3 heteroatoms. The second kappa shape index (κ2) is 12.5. The van der Waals surface area contributed by atoms with E-state index in [1.807, 2.05) is 66.7 Å². The quantitative estimate of drug-likeness (QED) is 0.167. The van der Waals surface area contributed by atoms with E-state index in [0.29, 0.717) is 11.1 Å². The molecule has 0 saturated carbocycles. The van der Waals surface area contributed by atoms with Crippen molar-refractivity contribution in [3.8, 4) is 39.3 Å². The minimum Gasteiger partial charge on any atom is -0.309 e. The highest BCUT2D eigenvalue weighted by Gasteiger charge is 2.19. The van der Waals surface area contributed by atoms with Crippen molar-refractivity contribution in [2.75, 3.05) is 0 Å². The van der Waals surface area contributed by atoms with Crippen molar-refractivity contribution in [2.45, 2.75) is 0 Å². The Bertz CT molecular complexity index is 4660.